The molecule has 0 fully saturated rings. The van der Waals surface area contributed by atoms with Crippen LogP contribution >= 0.6 is 45.2 Å². The predicted molar refractivity (Wildman–Crippen MR) is 63.2 cm³/mol. The summed E-state index contributed by atoms with van der Waals surface area (Å²) in [5, 5.41) is 9.03. The summed E-state index contributed by atoms with van der Waals surface area (Å²) in [4.78, 5) is 0. The van der Waals surface area contributed by atoms with Gasteiger partial charge in [0.1, 0.15) is 1.43 Å². The Morgan fingerprint density at radius 2 is 1.73 bits per heavy atom. The molecule has 1 aromatic rings. The molecule has 3 heteroatoms. The third-order valence-corrected chi connectivity index (χ3v) is 3.32. The minimum Gasteiger partial charge on any atom is -0.394 e. The zero-order valence-corrected chi connectivity index (χ0v) is 10.1. The van der Waals surface area contributed by atoms with E-state index in [0.29, 0.717) is 0 Å². The van der Waals surface area contributed by atoms with E-state index in [1.54, 1.807) is 0 Å². The smallest absolute Gasteiger partial charge is 0.121 e. The van der Waals surface area contributed by atoms with Gasteiger partial charge < -0.3 is 5.11 Å². The summed E-state index contributed by atoms with van der Waals surface area (Å²) in [5.74, 6) is 0. The molecule has 0 saturated carbocycles. The normalized spacial score (nSPS) is 11.5. The molecular weight excluding hydrogens is 366 g/mol. The lowest BCUT2D eigenvalue weighted by Gasteiger charge is -2.17. The van der Waals surface area contributed by atoms with Crippen molar-refractivity contribution in [1.82, 2.24) is 0 Å². The highest BCUT2D eigenvalue weighted by Gasteiger charge is 2.22. The van der Waals surface area contributed by atoms with Gasteiger partial charge >= 0.3 is 0 Å². The van der Waals surface area contributed by atoms with Crippen LogP contribution in [0.1, 0.15) is 5.56 Å². The van der Waals surface area contributed by atoms with Gasteiger partial charge in [-0.25, -0.2) is 0 Å². The molecular formula is C8H8I2O. The van der Waals surface area contributed by atoms with Crippen molar-refractivity contribution in [2.45, 2.75) is 1.43 Å². The molecule has 60 valence electrons. The lowest BCUT2D eigenvalue weighted by molar-refractivity contribution is 0.296. The van der Waals surface area contributed by atoms with Crippen molar-refractivity contribution in [2.75, 3.05) is 6.61 Å². The molecule has 0 aliphatic heterocycles. The quantitative estimate of drug-likeness (QED) is 0.624. The van der Waals surface area contributed by atoms with Crippen LogP contribution in [0.2, 0.25) is 0 Å². The lowest BCUT2D eigenvalue weighted by atomic mass is 10.2. The number of aliphatic hydroxyl groups is 1. The van der Waals surface area contributed by atoms with Crippen molar-refractivity contribution in [1.29, 1.82) is 0 Å². The maximum atomic E-state index is 9.03. The molecule has 1 rings (SSSR count). The third-order valence-electron chi connectivity index (χ3n) is 1.39. The molecule has 0 aromatic heterocycles. The van der Waals surface area contributed by atoms with Crippen LogP contribution in [-0.4, -0.2) is 11.7 Å². The third kappa shape index (κ3) is 2.55. The van der Waals surface area contributed by atoms with E-state index in [1.807, 2.05) is 30.3 Å². The fourth-order valence-electron chi connectivity index (χ4n) is 0.773. The number of aliphatic hydroxyl groups excluding tert-OH is 1. The fraction of sp³-hybridized carbons (Fsp3) is 0.250. The van der Waals surface area contributed by atoms with Gasteiger partial charge in [-0.3, -0.25) is 0 Å². The summed E-state index contributed by atoms with van der Waals surface area (Å²) < 4.78 is -0.170. The van der Waals surface area contributed by atoms with E-state index >= 15 is 0 Å². The first-order valence-corrected chi connectivity index (χ1v) is 5.37. The first kappa shape index (κ1) is 9.73. The van der Waals surface area contributed by atoms with Crippen LogP contribution in [0.25, 0.3) is 0 Å². The molecule has 0 heterocycles. The molecule has 0 saturated heterocycles. The van der Waals surface area contributed by atoms with Crippen LogP contribution in [-0.2, 0) is 1.43 Å². The molecule has 1 aromatic carbocycles. The van der Waals surface area contributed by atoms with Crippen LogP contribution in [0.3, 0.4) is 0 Å². The molecule has 0 bridgehead atoms. The van der Waals surface area contributed by atoms with Gasteiger partial charge in [-0.2, -0.15) is 0 Å². The van der Waals surface area contributed by atoms with Crippen molar-refractivity contribution in [2.24, 2.45) is 0 Å². The van der Waals surface area contributed by atoms with Gasteiger partial charge in [0.2, 0.25) is 0 Å². The molecule has 1 nitrogen and oxygen atoms in total. The number of alkyl halides is 2. The Balaban J connectivity index is 2.93. The highest BCUT2D eigenvalue weighted by Crippen LogP contribution is 2.38. The van der Waals surface area contributed by atoms with E-state index in [2.05, 4.69) is 45.2 Å². The van der Waals surface area contributed by atoms with E-state index in [0.717, 1.165) is 5.56 Å². The van der Waals surface area contributed by atoms with Crippen molar-refractivity contribution in [3.05, 3.63) is 35.9 Å². The van der Waals surface area contributed by atoms with Crippen LogP contribution in [0.5, 0.6) is 0 Å². The topological polar surface area (TPSA) is 20.2 Å². The number of halogens is 2. The van der Waals surface area contributed by atoms with Gasteiger partial charge in [0.25, 0.3) is 0 Å². The molecule has 0 amide bonds. The number of benzene rings is 1. The second-order valence-corrected chi connectivity index (χ2v) is 7.98. The monoisotopic (exact) mass is 374 g/mol. The van der Waals surface area contributed by atoms with Crippen LogP contribution in [0, 0.1) is 0 Å². The summed E-state index contributed by atoms with van der Waals surface area (Å²) in [6, 6.07) is 9.99. The molecule has 0 aliphatic carbocycles. The Hall–Kier alpha value is 0.640. The fourth-order valence-corrected chi connectivity index (χ4v) is 1.49. The summed E-state index contributed by atoms with van der Waals surface area (Å²) in [6.07, 6.45) is 0. The van der Waals surface area contributed by atoms with Gasteiger partial charge in [-0.1, -0.05) is 75.5 Å². The van der Waals surface area contributed by atoms with Gasteiger partial charge in [0.15, 0.2) is 0 Å². The molecule has 0 radical (unpaired) electrons. The molecule has 0 aliphatic rings. The highest BCUT2D eigenvalue weighted by atomic mass is 127. The van der Waals surface area contributed by atoms with Gasteiger partial charge in [0, 0.05) is 0 Å². The Morgan fingerprint density at radius 3 is 2.18 bits per heavy atom. The molecule has 0 atom stereocenters. The zero-order chi connectivity index (χ0) is 8.32. The Bertz CT molecular complexity index is 221. The maximum absolute atomic E-state index is 9.03. The SMILES string of the molecule is OCC(I)(I)c1ccccc1. The summed E-state index contributed by atoms with van der Waals surface area (Å²) in [5.41, 5.74) is 1.16. The summed E-state index contributed by atoms with van der Waals surface area (Å²) >= 11 is 4.48. The van der Waals surface area contributed by atoms with Crippen molar-refractivity contribution >= 4 is 45.2 Å². The van der Waals surface area contributed by atoms with E-state index in [-0.39, 0.29) is 8.04 Å². The average molecular weight is 374 g/mol. The zero-order valence-electron chi connectivity index (χ0n) is 5.80. The first-order valence-electron chi connectivity index (χ1n) is 3.21. The van der Waals surface area contributed by atoms with E-state index in [1.165, 1.54) is 0 Å². The summed E-state index contributed by atoms with van der Waals surface area (Å²) in [7, 11) is 0. The number of rotatable bonds is 2. The number of hydrogen-bond acceptors (Lipinski definition) is 1. The van der Waals surface area contributed by atoms with Crippen molar-refractivity contribution in [3.8, 4) is 0 Å². The molecule has 1 N–H and O–H groups in total. The Morgan fingerprint density at radius 1 is 1.18 bits per heavy atom. The number of hydrogen-bond donors (Lipinski definition) is 1. The highest BCUT2D eigenvalue weighted by molar-refractivity contribution is 14.2. The molecule has 0 spiro atoms. The van der Waals surface area contributed by atoms with Crippen LogP contribution in [0.15, 0.2) is 30.3 Å². The van der Waals surface area contributed by atoms with Gasteiger partial charge in [-0.15, -0.1) is 0 Å². The molecule has 0 unspecified atom stereocenters. The van der Waals surface area contributed by atoms with Crippen molar-refractivity contribution in [3.63, 3.8) is 0 Å². The minimum atomic E-state index is -0.170. The van der Waals surface area contributed by atoms with E-state index in [4.69, 9.17) is 5.11 Å². The molecule has 11 heavy (non-hydrogen) atoms. The predicted octanol–water partition coefficient (Wildman–Crippen LogP) is 2.70. The van der Waals surface area contributed by atoms with Gasteiger partial charge in [-0.05, 0) is 5.56 Å². The largest absolute Gasteiger partial charge is 0.394 e. The van der Waals surface area contributed by atoms with Crippen LogP contribution < -0.4 is 0 Å². The average Bonchev–Trinajstić information content (AvgIpc) is 2.06. The summed E-state index contributed by atoms with van der Waals surface area (Å²) in [6.45, 7) is 0.165. The van der Waals surface area contributed by atoms with Crippen molar-refractivity contribution < 1.29 is 5.11 Å². The standard InChI is InChI=1S/C8H8I2O/c9-8(10,6-11)7-4-2-1-3-5-7/h1-5,11H,6H2. The lowest BCUT2D eigenvalue weighted by Crippen LogP contribution is -2.13. The minimum absolute atomic E-state index is 0.165. The van der Waals surface area contributed by atoms with Crippen LogP contribution in [0.4, 0.5) is 0 Å². The second kappa shape index (κ2) is 4.04. The van der Waals surface area contributed by atoms with Gasteiger partial charge in [0.05, 0.1) is 6.61 Å². The first-order chi connectivity index (χ1) is 5.17. The Kier molecular flexibility index (Phi) is 3.57. The van der Waals surface area contributed by atoms with E-state index in [9.17, 15) is 0 Å². The second-order valence-electron chi connectivity index (χ2n) is 2.23. The maximum Gasteiger partial charge on any atom is 0.121 e. The Labute approximate surface area is 93.5 Å². The van der Waals surface area contributed by atoms with E-state index < -0.39 is 0 Å².